The topological polar surface area (TPSA) is 17.1 Å². The van der Waals surface area contributed by atoms with Gasteiger partial charge in [0.2, 0.25) is 0 Å². The molecule has 0 spiro atoms. The molecule has 0 heterocycles. The van der Waals surface area contributed by atoms with E-state index in [0.717, 1.165) is 23.7 Å². The monoisotopic (exact) mass is 257 g/mol. The predicted octanol–water partition coefficient (Wildman–Crippen LogP) is 4.16. The van der Waals surface area contributed by atoms with E-state index >= 15 is 0 Å². The van der Waals surface area contributed by atoms with E-state index in [1.54, 1.807) is 0 Å². The second-order valence-corrected chi connectivity index (χ2v) is 6.05. The van der Waals surface area contributed by atoms with Gasteiger partial charge in [0.15, 0.2) is 5.52 Å². The Morgan fingerprint density at radius 2 is 1.72 bits per heavy atom. The van der Waals surface area contributed by atoms with Gasteiger partial charge in [0.1, 0.15) is 0 Å². The quantitative estimate of drug-likeness (QED) is 0.440. The zero-order valence-electron chi connectivity index (χ0n) is 12.6. The number of unbranched alkanes of at least 4 members (excludes halogenated alkanes) is 1. The van der Waals surface area contributed by atoms with E-state index in [2.05, 4.69) is 40.7 Å². The molecule has 0 aliphatic carbocycles. The Kier molecular flexibility index (Phi) is 8.12. The van der Waals surface area contributed by atoms with E-state index in [4.69, 9.17) is 0 Å². The van der Waals surface area contributed by atoms with Crippen LogP contribution in [0.3, 0.4) is 0 Å². The molecule has 0 bridgehead atoms. The smallest absolute Gasteiger partial charge is 0.181 e. The molecule has 18 heavy (non-hydrogen) atoms. The van der Waals surface area contributed by atoms with Crippen molar-refractivity contribution in [3.05, 3.63) is 33.9 Å². The summed E-state index contributed by atoms with van der Waals surface area (Å²) < 4.78 is 0. The van der Waals surface area contributed by atoms with Crippen LogP contribution in [0.25, 0.3) is 0 Å². The van der Waals surface area contributed by atoms with Crippen LogP contribution >= 0.6 is 8.58 Å². The van der Waals surface area contributed by atoms with E-state index in [9.17, 15) is 4.79 Å². The molecule has 0 aliphatic heterocycles. The van der Waals surface area contributed by atoms with Crippen molar-refractivity contribution < 1.29 is 4.79 Å². The number of hydrogen-bond donors (Lipinski definition) is 0. The third kappa shape index (κ3) is 4.24. The van der Waals surface area contributed by atoms with E-state index < -0.39 is 0 Å². The standard InChI is InChI=1S/C15H23OP.Li/c1-6-7-8-17-15(16)14-11(3)9-10(2)12(4)13(14)5;/h9,17H,6-8H2,1-5H3;. The average Bonchev–Trinajstić information content (AvgIpc) is 2.26. The molecule has 95 valence electrons. The van der Waals surface area contributed by atoms with Crippen molar-refractivity contribution in [1.82, 2.24) is 0 Å². The van der Waals surface area contributed by atoms with Crippen LogP contribution < -0.4 is 0 Å². The molecule has 1 atom stereocenters. The van der Waals surface area contributed by atoms with Gasteiger partial charge in [-0.15, -0.1) is 0 Å². The van der Waals surface area contributed by atoms with Gasteiger partial charge in [0.05, 0.1) is 0 Å². The largest absolute Gasteiger partial charge is 0.289 e. The first-order valence-corrected chi connectivity index (χ1v) is 7.55. The van der Waals surface area contributed by atoms with Gasteiger partial charge in [-0.1, -0.05) is 19.4 Å². The van der Waals surface area contributed by atoms with Crippen LogP contribution in [0.1, 0.15) is 52.4 Å². The van der Waals surface area contributed by atoms with Crippen molar-refractivity contribution in [3.63, 3.8) is 0 Å². The fourth-order valence-corrected chi connectivity index (χ4v) is 3.42. The minimum atomic E-state index is 0. The second-order valence-electron chi connectivity index (χ2n) is 4.74. The van der Waals surface area contributed by atoms with Crippen molar-refractivity contribution in [3.8, 4) is 0 Å². The summed E-state index contributed by atoms with van der Waals surface area (Å²) in [7, 11) is 0.437. The summed E-state index contributed by atoms with van der Waals surface area (Å²) >= 11 is 0. The average molecular weight is 257 g/mol. The molecule has 0 saturated heterocycles. The zero-order chi connectivity index (χ0) is 13.0. The van der Waals surface area contributed by atoms with Crippen LogP contribution in [0.5, 0.6) is 0 Å². The minimum absolute atomic E-state index is 0. The maximum atomic E-state index is 12.2. The Morgan fingerprint density at radius 3 is 2.28 bits per heavy atom. The molecule has 0 amide bonds. The third-order valence-electron chi connectivity index (χ3n) is 3.40. The first-order chi connectivity index (χ1) is 7.99. The van der Waals surface area contributed by atoms with Gasteiger partial charge in [0.25, 0.3) is 0 Å². The Balaban J connectivity index is 0.00000289. The van der Waals surface area contributed by atoms with Crippen molar-refractivity contribution in [1.29, 1.82) is 0 Å². The Bertz CT molecular complexity index is 427. The maximum Gasteiger partial charge on any atom is 0.181 e. The van der Waals surface area contributed by atoms with Crippen LogP contribution in [-0.2, 0) is 0 Å². The zero-order valence-corrected chi connectivity index (χ0v) is 13.6. The Labute approximate surface area is 125 Å². The summed E-state index contributed by atoms with van der Waals surface area (Å²) in [5, 5.41) is 0. The van der Waals surface area contributed by atoms with Gasteiger partial charge < -0.3 is 0 Å². The fraction of sp³-hybridized carbons (Fsp3) is 0.533. The van der Waals surface area contributed by atoms with Gasteiger partial charge in [0, 0.05) is 24.4 Å². The second kappa shape index (κ2) is 8.16. The van der Waals surface area contributed by atoms with Crippen LogP contribution in [0.2, 0.25) is 0 Å². The molecule has 1 rings (SSSR count). The Morgan fingerprint density at radius 1 is 1.11 bits per heavy atom. The summed E-state index contributed by atoms with van der Waals surface area (Å²) in [5.41, 5.74) is 6.18. The van der Waals surface area contributed by atoms with Gasteiger partial charge >= 0.3 is 0 Å². The SMILES string of the molecule is CCCCPC(=O)c1c(C)cc(C)c(C)c1C.[Li]. The molecule has 0 aromatic heterocycles. The number of benzene rings is 1. The first kappa shape index (κ1) is 17.9. The van der Waals surface area contributed by atoms with Gasteiger partial charge in [-0.3, -0.25) is 4.79 Å². The minimum Gasteiger partial charge on any atom is -0.289 e. The van der Waals surface area contributed by atoms with Crippen molar-refractivity contribution in [2.75, 3.05) is 6.16 Å². The van der Waals surface area contributed by atoms with Crippen LogP contribution in [0.15, 0.2) is 6.07 Å². The van der Waals surface area contributed by atoms with E-state index in [1.807, 2.05) is 0 Å². The molecule has 0 saturated carbocycles. The van der Waals surface area contributed by atoms with Gasteiger partial charge in [-0.05, 0) is 71.1 Å². The molecule has 1 nitrogen and oxygen atoms in total. The molecule has 0 fully saturated rings. The molecule has 0 N–H and O–H groups in total. The fourth-order valence-electron chi connectivity index (χ4n) is 2.10. The molecular formula is C15H23LiOP. The molecule has 3 heteroatoms. The van der Waals surface area contributed by atoms with E-state index in [-0.39, 0.29) is 18.9 Å². The molecule has 1 aromatic carbocycles. The van der Waals surface area contributed by atoms with Crippen molar-refractivity contribution in [2.24, 2.45) is 0 Å². The number of carbonyl (C=O) groups is 1. The summed E-state index contributed by atoms with van der Waals surface area (Å²) in [6.07, 6.45) is 3.37. The van der Waals surface area contributed by atoms with Crippen molar-refractivity contribution >= 4 is 33.0 Å². The van der Waals surface area contributed by atoms with Crippen LogP contribution in [-0.4, -0.2) is 30.5 Å². The number of hydrogen-bond acceptors (Lipinski definition) is 1. The number of rotatable bonds is 5. The molecular weight excluding hydrogens is 234 g/mol. The predicted molar refractivity (Wildman–Crippen MR) is 83.6 cm³/mol. The summed E-state index contributed by atoms with van der Waals surface area (Å²) in [6, 6.07) is 2.14. The van der Waals surface area contributed by atoms with Crippen LogP contribution in [0, 0.1) is 27.7 Å². The summed E-state index contributed by atoms with van der Waals surface area (Å²) in [5.74, 6) is 0. The third-order valence-corrected chi connectivity index (χ3v) is 4.57. The summed E-state index contributed by atoms with van der Waals surface area (Å²) in [4.78, 5) is 12.2. The van der Waals surface area contributed by atoms with E-state index in [0.29, 0.717) is 14.1 Å². The summed E-state index contributed by atoms with van der Waals surface area (Å²) in [6.45, 7) is 10.5. The Hall–Kier alpha value is -0.0826. The van der Waals surface area contributed by atoms with Gasteiger partial charge in [-0.25, -0.2) is 0 Å². The van der Waals surface area contributed by atoms with Crippen LogP contribution in [0.4, 0.5) is 0 Å². The normalized spacial score (nSPS) is 10.7. The van der Waals surface area contributed by atoms with Crippen molar-refractivity contribution in [2.45, 2.75) is 47.5 Å². The molecule has 1 aromatic rings. The van der Waals surface area contributed by atoms with Gasteiger partial charge in [-0.2, -0.15) is 0 Å². The molecule has 0 aliphatic rings. The number of aryl methyl sites for hydroxylation is 2. The van der Waals surface area contributed by atoms with E-state index in [1.165, 1.54) is 23.1 Å². The first-order valence-electron chi connectivity index (χ1n) is 6.34. The number of carbonyl (C=O) groups excluding carboxylic acids is 1. The maximum absolute atomic E-state index is 12.2. The molecule has 1 radical (unpaired) electrons. The molecule has 1 unspecified atom stereocenters.